The summed E-state index contributed by atoms with van der Waals surface area (Å²) >= 11 is 0.924. The van der Waals surface area contributed by atoms with Crippen LogP contribution in [0.4, 0.5) is 61.5 Å². The highest BCUT2D eigenvalue weighted by atomic mass is 32.1. The minimum absolute atomic E-state index is 0.0751. The minimum atomic E-state index is -5.74. The molecule has 2 heterocycles. The standard InChI is InChI=1S/C24H4F14S2/c25-15-11(16(26)20(30)13(19(15)29)23(33,34)35)9-3-5-1-7-6(2-8(5)40-9)4-10(39-7)12-17(27)21(31)14(24(36,37)38)22(32)18(12)28/h1-4H. The van der Waals surface area contributed by atoms with E-state index >= 15 is 0 Å². The summed E-state index contributed by atoms with van der Waals surface area (Å²) in [7, 11) is 0. The van der Waals surface area contributed by atoms with Gasteiger partial charge in [-0.25, -0.2) is 35.1 Å². The monoisotopic (exact) mass is 622 g/mol. The zero-order valence-corrected chi connectivity index (χ0v) is 20.1. The molecule has 0 saturated carbocycles. The van der Waals surface area contributed by atoms with E-state index in [4.69, 9.17) is 0 Å². The lowest BCUT2D eigenvalue weighted by Gasteiger charge is -2.13. The van der Waals surface area contributed by atoms with Crippen molar-refractivity contribution in [2.24, 2.45) is 0 Å². The van der Waals surface area contributed by atoms with E-state index in [2.05, 4.69) is 0 Å². The third-order valence-electron chi connectivity index (χ3n) is 5.74. The molecule has 0 unspecified atom stereocenters. The molecule has 0 N–H and O–H groups in total. The molecule has 0 nitrogen and oxygen atoms in total. The van der Waals surface area contributed by atoms with Gasteiger partial charge in [0.2, 0.25) is 0 Å². The molecule has 0 saturated heterocycles. The SMILES string of the molecule is Fc1c(F)c(C(F)(F)F)c(F)c(F)c1-c1cc2cc3sc(-c4c(F)c(F)c(C(F)(F)F)c(F)c4F)cc3cc2s1. The van der Waals surface area contributed by atoms with Crippen LogP contribution < -0.4 is 0 Å². The molecular weight excluding hydrogens is 618 g/mol. The Hall–Kier alpha value is -3.40. The first-order valence-corrected chi connectivity index (χ1v) is 11.9. The molecule has 5 aromatic rings. The summed E-state index contributed by atoms with van der Waals surface area (Å²) in [6.45, 7) is 0. The predicted molar refractivity (Wildman–Crippen MR) is 118 cm³/mol. The van der Waals surface area contributed by atoms with Gasteiger partial charge in [-0.05, 0) is 35.0 Å². The van der Waals surface area contributed by atoms with Crippen molar-refractivity contribution in [1.82, 2.24) is 0 Å². The molecule has 2 aromatic heterocycles. The Labute approximate surface area is 219 Å². The Morgan fingerprint density at radius 3 is 0.925 bits per heavy atom. The molecule has 40 heavy (non-hydrogen) atoms. The van der Waals surface area contributed by atoms with Crippen molar-refractivity contribution in [3.63, 3.8) is 0 Å². The normalized spacial score (nSPS) is 12.8. The van der Waals surface area contributed by atoms with E-state index in [1.807, 2.05) is 0 Å². The van der Waals surface area contributed by atoms with E-state index in [0.29, 0.717) is 22.7 Å². The average molecular weight is 622 g/mol. The van der Waals surface area contributed by atoms with Gasteiger partial charge in [0.1, 0.15) is 11.1 Å². The lowest BCUT2D eigenvalue weighted by molar-refractivity contribution is -0.144. The summed E-state index contributed by atoms with van der Waals surface area (Å²) < 4.78 is 192. The second-order valence-corrected chi connectivity index (χ2v) is 10.3. The molecule has 0 radical (unpaired) electrons. The molecule has 0 bridgehead atoms. The van der Waals surface area contributed by atoms with Crippen molar-refractivity contribution in [3.8, 4) is 20.9 Å². The second-order valence-electron chi connectivity index (χ2n) is 8.16. The zero-order valence-electron chi connectivity index (χ0n) is 18.4. The fourth-order valence-electron chi connectivity index (χ4n) is 4.01. The van der Waals surface area contributed by atoms with Crippen molar-refractivity contribution in [1.29, 1.82) is 0 Å². The van der Waals surface area contributed by atoms with Crippen LogP contribution in [0.2, 0.25) is 0 Å². The Morgan fingerprint density at radius 2 is 0.675 bits per heavy atom. The summed E-state index contributed by atoms with van der Waals surface area (Å²) in [6, 6.07) is 4.31. The molecule has 0 aliphatic rings. The fourth-order valence-corrected chi connectivity index (χ4v) is 6.26. The molecule has 0 spiro atoms. The average Bonchev–Trinajstić information content (AvgIpc) is 3.41. The van der Waals surface area contributed by atoms with E-state index in [1.165, 1.54) is 12.1 Å². The van der Waals surface area contributed by atoms with Crippen LogP contribution in [0.25, 0.3) is 41.1 Å². The Kier molecular flexibility index (Phi) is 6.37. The maximum atomic E-state index is 14.5. The third-order valence-corrected chi connectivity index (χ3v) is 7.97. The van der Waals surface area contributed by atoms with Crippen molar-refractivity contribution in [2.75, 3.05) is 0 Å². The number of fused-ring (bicyclic) bond motifs is 2. The van der Waals surface area contributed by atoms with Gasteiger partial charge in [-0.2, -0.15) is 26.3 Å². The van der Waals surface area contributed by atoms with E-state index in [9.17, 15) is 61.5 Å². The van der Waals surface area contributed by atoms with Gasteiger partial charge in [0, 0.05) is 19.2 Å². The fraction of sp³-hybridized carbons (Fsp3) is 0.0833. The van der Waals surface area contributed by atoms with E-state index in [0.717, 1.165) is 12.1 Å². The van der Waals surface area contributed by atoms with E-state index < -0.39 is 90.9 Å². The van der Waals surface area contributed by atoms with Crippen molar-refractivity contribution >= 4 is 42.8 Å². The number of alkyl halides is 6. The van der Waals surface area contributed by atoms with E-state index in [1.54, 1.807) is 0 Å². The molecule has 0 amide bonds. The lowest BCUT2D eigenvalue weighted by atomic mass is 10.0. The van der Waals surface area contributed by atoms with Crippen LogP contribution in [0.3, 0.4) is 0 Å². The van der Waals surface area contributed by atoms with Crippen LogP contribution in [-0.4, -0.2) is 0 Å². The molecular formula is C24H4F14S2. The number of hydrogen-bond donors (Lipinski definition) is 0. The van der Waals surface area contributed by atoms with Gasteiger partial charge in [-0.3, -0.25) is 0 Å². The van der Waals surface area contributed by atoms with Gasteiger partial charge in [0.25, 0.3) is 0 Å². The molecule has 5 rings (SSSR count). The first-order valence-electron chi connectivity index (χ1n) is 10.3. The highest BCUT2D eigenvalue weighted by Crippen LogP contribution is 2.46. The summed E-state index contributed by atoms with van der Waals surface area (Å²) in [5, 5.41) is 0.150. The lowest BCUT2D eigenvalue weighted by Crippen LogP contribution is -2.15. The van der Waals surface area contributed by atoms with Gasteiger partial charge in [-0.15, -0.1) is 22.7 Å². The van der Waals surface area contributed by atoms with Crippen LogP contribution in [0, 0.1) is 46.5 Å². The summed E-state index contributed by atoms with van der Waals surface area (Å²) in [5.74, 6) is -19.9. The summed E-state index contributed by atoms with van der Waals surface area (Å²) in [4.78, 5) is -1.06. The molecule has 0 atom stereocenters. The van der Waals surface area contributed by atoms with Crippen LogP contribution in [-0.2, 0) is 12.4 Å². The summed E-state index contributed by atoms with van der Waals surface area (Å²) in [5.41, 5.74) is -8.35. The van der Waals surface area contributed by atoms with Gasteiger partial charge < -0.3 is 0 Å². The molecule has 16 heteroatoms. The zero-order chi connectivity index (χ0) is 29.6. The van der Waals surface area contributed by atoms with Crippen molar-refractivity contribution < 1.29 is 61.5 Å². The summed E-state index contributed by atoms with van der Waals surface area (Å²) in [6.07, 6.45) is -11.5. The third kappa shape index (κ3) is 4.19. The minimum Gasteiger partial charge on any atom is -0.203 e. The largest absolute Gasteiger partial charge is 0.422 e. The smallest absolute Gasteiger partial charge is 0.203 e. The number of rotatable bonds is 2. The molecule has 0 aliphatic carbocycles. The maximum absolute atomic E-state index is 14.5. The quantitative estimate of drug-likeness (QED) is 0.136. The van der Waals surface area contributed by atoms with E-state index in [-0.39, 0.29) is 20.2 Å². The van der Waals surface area contributed by atoms with Gasteiger partial charge in [0.15, 0.2) is 46.5 Å². The first kappa shape index (κ1) is 28.1. The van der Waals surface area contributed by atoms with Crippen LogP contribution in [0.15, 0.2) is 24.3 Å². The Balaban J connectivity index is 1.66. The maximum Gasteiger partial charge on any atom is 0.422 e. The van der Waals surface area contributed by atoms with Crippen LogP contribution in [0.1, 0.15) is 11.1 Å². The number of hydrogen-bond acceptors (Lipinski definition) is 2. The number of benzene rings is 3. The predicted octanol–water partition coefficient (Wildman–Crippen LogP) is 10.6. The molecule has 0 aliphatic heterocycles. The highest BCUT2D eigenvalue weighted by Gasteiger charge is 2.44. The van der Waals surface area contributed by atoms with Crippen molar-refractivity contribution in [2.45, 2.75) is 12.4 Å². The van der Waals surface area contributed by atoms with Crippen LogP contribution in [0.5, 0.6) is 0 Å². The van der Waals surface area contributed by atoms with Crippen molar-refractivity contribution in [3.05, 3.63) is 81.9 Å². The topological polar surface area (TPSA) is 0 Å². The Bertz CT molecular complexity index is 1620. The van der Waals surface area contributed by atoms with Gasteiger partial charge >= 0.3 is 12.4 Å². The van der Waals surface area contributed by atoms with Crippen LogP contribution >= 0.6 is 22.7 Å². The second kappa shape index (κ2) is 9.06. The molecule has 0 fully saturated rings. The highest BCUT2D eigenvalue weighted by molar-refractivity contribution is 7.23. The van der Waals surface area contributed by atoms with Gasteiger partial charge in [-0.1, -0.05) is 0 Å². The van der Waals surface area contributed by atoms with Gasteiger partial charge in [0.05, 0.1) is 11.1 Å². The first-order chi connectivity index (χ1) is 18.4. The molecule has 210 valence electrons. The Morgan fingerprint density at radius 1 is 0.400 bits per heavy atom. The molecule has 3 aromatic carbocycles. The number of thiophene rings is 2. The number of halogens is 14.